The molecule has 0 bridgehead atoms. The van der Waals surface area contributed by atoms with Crippen molar-refractivity contribution in [2.75, 3.05) is 20.3 Å². The second-order valence-corrected chi connectivity index (χ2v) is 4.83. The van der Waals surface area contributed by atoms with E-state index in [0.29, 0.717) is 19.1 Å². The third kappa shape index (κ3) is 3.17. The molecule has 5 heteroatoms. The average Bonchev–Trinajstić information content (AvgIpc) is 2.84. The molecule has 1 N–H and O–H groups in total. The van der Waals surface area contributed by atoms with Gasteiger partial charge in [0.1, 0.15) is 11.9 Å². The second kappa shape index (κ2) is 6.11. The number of hydrogen-bond donors (Lipinski definition) is 1. The van der Waals surface area contributed by atoms with Gasteiger partial charge in [-0.1, -0.05) is 13.8 Å². The Bertz CT molecular complexity index is 390. The lowest BCUT2D eigenvalue weighted by Crippen LogP contribution is -2.19. The van der Waals surface area contributed by atoms with Gasteiger partial charge in [-0.05, 0) is 7.05 Å². The standard InChI is InChI=1S/C13H21N3O2/c1-9(2)13-15-7-12(11(16-13)6-14-3)18-10-4-5-17-8-10/h7,9-10,14H,4-6,8H2,1-3H3. The predicted molar refractivity (Wildman–Crippen MR) is 68.7 cm³/mol. The van der Waals surface area contributed by atoms with Crippen molar-refractivity contribution in [1.82, 2.24) is 15.3 Å². The first kappa shape index (κ1) is 13.2. The van der Waals surface area contributed by atoms with Crippen LogP contribution in [-0.4, -0.2) is 36.3 Å². The van der Waals surface area contributed by atoms with Crippen LogP contribution < -0.4 is 10.1 Å². The molecule has 1 saturated heterocycles. The van der Waals surface area contributed by atoms with Gasteiger partial charge in [-0.25, -0.2) is 9.97 Å². The highest BCUT2D eigenvalue weighted by molar-refractivity contribution is 5.25. The third-order valence-electron chi connectivity index (χ3n) is 2.89. The van der Waals surface area contributed by atoms with Gasteiger partial charge in [0.05, 0.1) is 25.1 Å². The number of aromatic nitrogens is 2. The second-order valence-electron chi connectivity index (χ2n) is 4.83. The van der Waals surface area contributed by atoms with Crippen molar-refractivity contribution < 1.29 is 9.47 Å². The minimum Gasteiger partial charge on any atom is -0.484 e. The lowest BCUT2D eigenvalue weighted by molar-refractivity contribution is 0.140. The zero-order chi connectivity index (χ0) is 13.0. The molecule has 18 heavy (non-hydrogen) atoms. The Balaban J connectivity index is 2.16. The number of hydrogen-bond acceptors (Lipinski definition) is 5. The van der Waals surface area contributed by atoms with E-state index < -0.39 is 0 Å². The van der Waals surface area contributed by atoms with Crippen molar-refractivity contribution in [2.45, 2.75) is 38.8 Å². The van der Waals surface area contributed by atoms with Gasteiger partial charge in [0.2, 0.25) is 0 Å². The van der Waals surface area contributed by atoms with Crippen LogP contribution in [0.5, 0.6) is 5.75 Å². The van der Waals surface area contributed by atoms with Gasteiger partial charge in [-0.15, -0.1) is 0 Å². The van der Waals surface area contributed by atoms with Crippen molar-refractivity contribution in [1.29, 1.82) is 0 Å². The van der Waals surface area contributed by atoms with Crippen LogP contribution in [0.2, 0.25) is 0 Å². The summed E-state index contributed by atoms with van der Waals surface area (Å²) in [6.07, 6.45) is 2.85. The Labute approximate surface area is 108 Å². The van der Waals surface area contributed by atoms with E-state index >= 15 is 0 Å². The molecule has 0 amide bonds. The lowest BCUT2D eigenvalue weighted by atomic mass is 10.2. The van der Waals surface area contributed by atoms with Gasteiger partial charge in [0.15, 0.2) is 5.75 Å². The normalized spacial score (nSPS) is 19.4. The molecule has 1 unspecified atom stereocenters. The van der Waals surface area contributed by atoms with Gasteiger partial charge in [0.25, 0.3) is 0 Å². The van der Waals surface area contributed by atoms with Gasteiger partial charge in [-0.3, -0.25) is 0 Å². The van der Waals surface area contributed by atoms with Crippen LogP contribution in [0.3, 0.4) is 0 Å². The quantitative estimate of drug-likeness (QED) is 0.859. The van der Waals surface area contributed by atoms with E-state index in [1.54, 1.807) is 6.20 Å². The summed E-state index contributed by atoms with van der Waals surface area (Å²) in [7, 11) is 1.90. The molecule has 1 aromatic rings. The summed E-state index contributed by atoms with van der Waals surface area (Å²) in [5.41, 5.74) is 0.920. The van der Waals surface area contributed by atoms with Gasteiger partial charge in [0, 0.05) is 18.9 Å². The molecule has 2 heterocycles. The fraction of sp³-hybridized carbons (Fsp3) is 0.692. The van der Waals surface area contributed by atoms with E-state index in [1.807, 2.05) is 7.05 Å². The monoisotopic (exact) mass is 251 g/mol. The van der Waals surface area contributed by atoms with Gasteiger partial charge >= 0.3 is 0 Å². The largest absolute Gasteiger partial charge is 0.484 e. The van der Waals surface area contributed by atoms with E-state index in [2.05, 4.69) is 29.1 Å². The summed E-state index contributed by atoms with van der Waals surface area (Å²) in [6.45, 7) is 6.29. The zero-order valence-electron chi connectivity index (χ0n) is 11.3. The minimum atomic E-state index is 0.133. The van der Waals surface area contributed by atoms with Gasteiger partial charge < -0.3 is 14.8 Å². The van der Waals surface area contributed by atoms with Crippen LogP contribution in [-0.2, 0) is 11.3 Å². The molecule has 100 valence electrons. The minimum absolute atomic E-state index is 0.133. The summed E-state index contributed by atoms with van der Waals surface area (Å²) < 4.78 is 11.2. The molecule has 5 nitrogen and oxygen atoms in total. The first-order valence-corrected chi connectivity index (χ1v) is 6.45. The van der Waals surface area contributed by atoms with E-state index in [0.717, 1.165) is 30.3 Å². The topological polar surface area (TPSA) is 56.3 Å². The Morgan fingerprint density at radius 2 is 2.39 bits per heavy atom. The maximum atomic E-state index is 5.90. The molecule has 1 aliphatic heterocycles. The van der Waals surface area contributed by atoms with E-state index in [-0.39, 0.29) is 6.10 Å². The van der Waals surface area contributed by atoms with Gasteiger partial charge in [-0.2, -0.15) is 0 Å². The van der Waals surface area contributed by atoms with Crippen LogP contribution in [0.25, 0.3) is 0 Å². The van der Waals surface area contributed by atoms with Crippen LogP contribution in [0.15, 0.2) is 6.20 Å². The summed E-state index contributed by atoms with van der Waals surface area (Å²) in [4.78, 5) is 8.92. The number of nitrogens with zero attached hydrogens (tertiary/aromatic N) is 2. The summed E-state index contributed by atoms with van der Waals surface area (Å²) in [6, 6.07) is 0. The van der Waals surface area contributed by atoms with Crippen molar-refractivity contribution in [3.63, 3.8) is 0 Å². The highest BCUT2D eigenvalue weighted by Crippen LogP contribution is 2.21. The summed E-state index contributed by atoms with van der Waals surface area (Å²) >= 11 is 0. The highest BCUT2D eigenvalue weighted by atomic mass is 16.5. The molecule has 0 aromatic carbocycles. The van der Waals surface area contributed by atoms with E-state index in [9.17, 15) is 0 Å². The molecule has 2 rings (SSSR count). The van der Waals surface area contributed by atoms with Crippen LogP contribution in [0.1, 0.15) is 37.7 Å². The van der Waals surface area contributed by atoms with Crippen molar-refractivity contribution in [3.05, 3.63) is 17.7 Å². The smallest absolute Gasteiger partial charge is 0.160 e. The molecule has 0 spiro atoms. The maximum Gasteiger partial charge on any atom is 0.160 e. The fourth-order valence-electron chi connectivity index (χ4n) is 1.88. The molecule has 1 aromatic heterocycles. The SMILES string of the molecule is CNCc1nc(C(C)C)ncc1OC1CCOC1. The Morgan fingerprint density at radius 1 is 1.56 bits per heavy atom. The summed E-state index contributed by atoms with van der Waals surface area (Å²) in [5.74, 6) is 1.95. The van der Waals surface area contributed by atoms with E-state index in [4.69, 9.17) is 9.47 Å². The molecule has 0 saturated carbocycles. The fourth-order valence-corrected chi connectivity index (χ4v) is 1.88. The van der Waals surface area contributed by atoms with Crippen LogP contribution >= 0.6 is 0 Å². The first-order valence-electron chi connectivity index (χ1n) is 6.45. The molecular formula is C13H21N3O2. The average molecular weight is 251 g/mol. The molecule has 1 fully saturated rings. The van der Waals surface area contributed by atoms with Crippen LogP contribution in [0.4, 0.5) is 0 Å². The van der Waals surface area contributed by atoms with Crippen molar-refractivity contribution >= 4 is 0 Å². The van der Waals surface area contributed by atoms with E-state index in [1.165, 1.54) is 0 Å². The van der Waals surface area contributed by atoms with Crippen LogP contribution in [0, 0.1) is 0 Å². The Kier molecular flexibility index (Phi) is 4.49. The molecular weight excluding hydrogens is 230 g/mol. The Hall–Kier alpha value is -1.20. The predicted octanol–water partition coefficient (Wildman–Crippen LogP) is 1.49. The first-order chi connectivity index (χ1) is 8.70. The molecule has 1 atom stereocenters. The van der Waals surface area contributed by atoms with Crippen molar-refractivity contribution in [3.8, 4) is 5.75 Å². The molecule has 1 aliphatic rings. The maximum absolute atomic E-state index is 5.90. The summed E-state index contributed by atoms with van der Waals surface area (Å²) in [5, 5.41) is 3.11. The third-order valence-corrected chi connectivity index (χ3v) is 2.89. The number of ether oxygens (including phenoxy) is 2. The highest BCUT2D eigenvalue weighted by Gasteiger charge is 2.19. The molecule has 0 aliphatic carbocycles. The Morgan fingerprint density at radius 3 is 3.00 bits per heavy atom. The number of rotatable bonds is 5. The lowest BCUT2D eigenvalue weighted by Gasteiger charge is -2.16. The number of nitrogens with one attached hydrogen (secondary N) is 1. The van der Waals surface area contributed by atoms with Crippen molar-refractivity contribution in [2.24, 2.45) is 0 Å². The zero-order valence-corrected chi connectivity index (χ0v) is 11.3. The molecule has 0 radical (unpaired) electrons.